The number of fused-ring (bicyclic) bond motifs is 10. The molecule has 5 nitrogen and oxygen atoms in total. The molecule has 8 aromatic carbocycles. The maximum atomic E-state index is 5.50. The van der Waals surface area contributed by atoms with E-state index in [1.54, 1.807) is 0 Å². The van der Waals surface area contributed by atoms with E-state index in [0.717, 1.165) is 67.3 Å². The van der Waals surface area contributed by atoms with Gasteiger partial charge in [-0.15, -0.1) is 0 Å². The van der Waals surface area contributed by atoms with Crippen molar-refractivity contribution in [2.24, 2.45) is 0 Å². The molecule has 0 spiro atoms. The monoisotopic (exact) mass is 757 g/mol. The van der Waals surface area contributed by atoms with E-state index in [0.29, 0.717) is 0 Å². The minimum absolute atomic E-state index is 0.134. The van der Waals surface area contributed by atoms with Crippen LogP contribution in [0.25, 0.3) is 72.5 Å². The van der Waals surface area contributed by atoms with Crippen LogP contribution in [0, 0.1) is 0 Å². The number of aromatic nitrogens is 4. The molecule has 280 valence electrons. The maximum Gasteiger partial charge on any atom is 0.221 e. The molecule has 0 saturated heterocycles. The van der Waals surface area contributed by atoms with Crippen molar-refractivity contribution < 1.29 is 0 Å². The summed E-state index contributed by atoms with van der Waals surface area (Å²) in [7, 11) is 0. The zero-order chi connectivity index (χ0) is 39.2. The Morgan fingerprint density at radius 3 is 1.78 bits per heavy atom. The van der Waals surface area contributed by atoms with E-state index >= 15 is 0 Å². The lowest BCUT2D eigenvalue weighted by Crippen LogP contribution is -2.16. The van der Waals surface area contributed by atoms with Crippen LogP contribution in [0.5, 0.6) is 0 Å². The van der Waals surface area contributed by atoms with Gasteiger partial charge in [-0.2, -0.15) is 0 Å². The minimum Gasteiger partial charge on any atom is -0.310 e. The largest absolute Gasteiger partial charge is 0.310 e. The van der Waals surface area contributed by atoms with E-state index in [4.69, 9.17) is 4.98 Å². The molecule has 59 heavy (non-hydrogen) atoms. The van der Waals surface area contributed by atoms with Crippen molar-refractivity contribution in [2.45, 2.75) is 19.3 Å². The third kappa shape index (κ3) is 4.95. The highest BCUT2D eigenvalue weighted by molar-refractivity contribution is 6.09. The van der Waals surface area contributed by atoms with Crippen LogP contribution in [0.4, 0.5) is 17.1 Å². The SMILES string of the molecule is CC1(C)c2ccccc2-c2ccc(N(c3ccc(-c4ccccc4)cc3)c3ccc4c(c3)n(-c3ccccc3)c3nc5c6ccccc6n(-c6ccccc6)c5n43)cc21. The molecule has 0 aliphatic heterocycles. The Kier molecular flexibility index (Phi) is 7.20. The van der Waals surface area contributed by atoms with Gasteiger partial charge in [0.05, 0.1) is 16.6 Å². The molecule has 0 N–H and O–H groups in total. The molecule has 1 aliphatic carbocycles. The number of anilines is 3. The zero-order valence-electron chi connectivity index (χ0n) is 32.8. The van der Waals surface area contributed by atoms with Crippen molar-refractivity contribution in [1.29, 1.82) is 0 Å². The maximum absolute atomic E-state index is 5.50. The summed E-state index contributed by atoms with van der Waals surface area (Å²) in [6, 6.07) is 72.3. The fourth-order valence-corrected chi connectivity index (χ4v) is 9.65. The third-order valence-electron chi connectivity index (χ3n) is 12.4. The summed E-state index contributed by atoms with van der Waals surface area (Å²) in [5.74, 6) is 0.875. The molecule has 5 heteroatoms. The molecule has 11 aromatic rings. The molecular weight excluding hydrogens is 719 g/mol. The molecule has 3 aromatic heterocycles. The second kappa shape index (κ2) is 12.7. The van der Waals surface area contributed by atoms with E-state index in [1.807, 2.05) is 0 Å². The Balaban J connectivity index is 1.12. The van der Waals surface area contributed by atoms with Crippen molar-refractivity contribution in [1.82, 2.24) is 18.5 Å². The molecule has 0 amide bonds. The molecule has 1 aliphatic rings. The van der Waals surface area contributed by atoms with Gasteiger partial charge in [-0.3, -0.25) is 13.5 Å². The number of hydrogen-bond acceptors (Lipinski definition) is 2. The van der Waals surface area contributed by atoms with E-state index in [9.17, 15) is 0 Å². The Morgan fingerprint density at radius 2 is 1.02 bits per heavy atom. The number of rotatable bonds is 6. The van der Waals surface area contributed by atoms with E-state index in [2.05, 4.69) is 232 Å². The lowest BCUT2D eigenvalue weighted by Gasteiger charge is -2.28. The molecular formula is C54H39N5. The van der Waals surface area contributed by atoms with Crippen LogP contribution in [0.3, 0.4) is 0 Å². The van der Waals surface area contributed by atoms with Gasteiger partial charge in [-0.05, 0) is 106 Å². The summed E-state index contributed by atoms with van der Waals surface area (Å²) in [5.41, 5.74) is 18.3. The first-order chi connectivity index (χ1) is 29.0. The first kappa shape index (κ1) is 33.5. The summed E-state index contributed by atoms with van der Waals surface area (Å²) < 4.78 is 7.03. The second-order valence-electron chi connectivity index (χ2n) is 16.1. The van der Waals surface area contributed by atoms with Gasteiger partial charge in [0.2, 0.25) is 5.78 Å². The Hall–Kier alpha value is -7.63. The molecule has 0 fully saturated rings. The quantitative estimate of drug-likeness (QED) is 0.169. The Labute approximate surface area is 342 Å². The van der Waals surface area contributed by atoms with Crippen molar-refractivity contribution in [3.63, 3.8) is 0 Å². The summed E-state index contributed by atoms with van der Waals surface area (Å²) >= 11 is 0. The lowest BCUT2D eigenvalue weighted by molar-refractivity contribution is 0.660. The highest BCUT2D eigenvalue weighted by atomic mass is 15.3. The molecule has 0 bridgehead atoms. The van der Waals surface area contributed by atoms with E-state index < -0.39 is 0 Å². The van der Waals surface area contributed by atoms with Crippen LogP contribution in [-0.4, -0.2) is 18.5 Å². The van der Waals surface area contributed by atoms with Crippen LogP contribution >= 0.6 is 0 Å². The van der Waals surface area contributed by atoms with Gasteiger partial charge < -0.3 is 4.90 Å². The minimum atomic E-state index is -0.134. The van der Waals surface area contributed by atoms with Gasteiger partial charge in [-0.25, -0.2) is 4.98 Å². The van der Waals surface area contributed by atoms with Crippen molar-refractivity contribution in [2.75, 3.05) is 4.90 Å². The van der Waals surface area contributed by atoms with Gasteiger partial charge >= 0.3 is 0 Å². The topological polar surface area (TPSA) is 30.4 Å². The fourth-order valence-electron chi connectivity index (χ4n) is 9.65. The number of hydrogen-bond donors (Lipinski definition) is 0. The smallest absolute Gasteiger partial charge is 0.221 e. The number of benzene rings is 8. The summed E-state index contributed by atoms with van der Waals surface area (Å²) in [5, 5.41) is 1.13. The van der Waals surface area contributed by atoms with Crippen molar-refractivity contribution >= 4 is 55.9 Å². The van der Waals surface area contributed by atoms with Crippen LogP contribution in [0.1, 0.15) is 25.0 Å². The standard InChI is InChI=1S/C54H39N5/c1-54(2)46-24-14-12-22-43(46)44-32-30-41(34-47(44)54)56(40-28-26-37(27-29-40)36-16-6-3-7-17-36)42-31-33-49-50(35-42)58(39-20-10-5-11-21-39)53-55-51-45-23-13-15-25-48(45)57(52(51)59(49)53)38-18-8-4-9-19-38/h3-35H,1-2H3. The zero-order valence-corrected chi connectivity index (χ0v) is 32.8. The average molecular weight is 758 g/mol. The van der Waals surface area contributed by atoms with Crippen molar-refractivity contribution in [3.05, 3.63) is 211 Å². The van der Waals surface area contributed by atoms with E-state index in [-0.39, 0.29) is 5.41 Å². The lowest BCUT2D eigenvalue weighted by atomic mass is 9.82. The Bertz CT molecular complexity index is 3390. The Morgan fingerprint density at radius 1 is 0.441 bits per heavy atom. The molecule has 3 heterocycles. The molecule has 0 unspecified atom stereocenters. The molecule has 0 atom stereocenters. The number of imidazole rings is 2. The van der Waals surface area contributed by atoms with E-state index in [1.165, 1.54) is 33.4 Å². The summed E-state index contributed by atoms with van der Waals surface area (Å²) in [6.45, 7) is 4.70. The number of para-hydroxylation sites is 3. The summed E-state index contributed by atoms with van der Waals surface area (Å²) in [6.07, 6.45) is 0. The second-order valence-corrected chi connectivity index (χ2v) is 16.1. The first-order valence-corrected chi connectivity index (χ1v) is 20.3. The fraction of sp³-hybridized carbons (Fsp3) is 0.0556. The van der Waals surface area contributed by atoms with Crippen LogP contribution in [-0.2, 0) is 5.41 Å². The van der Waals surface area contributed by atoms with Crippen LogP contribution in [0.15, 0.2) is 200 Å². The molecule has 0 saturated carbocycles. The highest BCUT2D eigenvalue weighted by Gasteiger charge is 2.36. The number of nitrogens with zero attached hydrogens (tertiary/aromatic N) is 5. The first-order valence-electron chi connectivity index (χ1n) is 20.3. The van der Waals surface area contributed by atoms with Gasteiger partial charge in [0.15, 0.2) is 5.65 Å². The van der Waals surface area contributed by atoms with Crippen LogP contribution in [0.2, 0.25) is 0 Å². The normalized spacial score (nSPS) is 13.1. The average Bonchev–Trinajstić information content (AvgIpc) is 3.98. The molecule has 0 radical (unpaired) electrons. The molecule has 12 rings (SSSR count). The van der Waals surface area contributed by atoms with Gasteiger partial charge in [0.1, 0.15) is 5.52 Å². The van der Waals surface area contributed by atoms with Gasteiger partial charge in [0.25, 0.3) is 0 Å². The predicted octanol–water partition coefficient (Wildman–Crippen LogP) is 13.8. The predicted molar refractivity (Wildman–Crippen MR) is 244 cm³/mol. The van der Waals surface area contributed by atoms with Gasteiger partial charge in [0, 0.05) is 39.2 Å². The van der Waals surface area contributed by atoms with Crippen LogP contribution < -0.4 is 4.90 Å². The highest BCUT2D eigenvalue weighted by Crippen LogP contribution is 2.51. The van der Waals surface area contributed by atoms with Gasteiger partial charge in [-0.1, -0.05) is 141 Å². The third-order valence-corrected chi connectivity index (χ3v) is 12.4. The van der Waals surface area contributed by atoms with Crippen molar-refractivity contribution in [3.8, 4) is 33.6 Å². The summed E-state index contributed by atoms with van der Waals surface area (Å²) in [4.78, 5) is 7.91.